The highest BCUT2D eigenvalue weighted by molar-refractivity contribution is 7.98. The molecule has 2 rings (SSSR count). The number of aliphatic imine (C=N–C) groups is 1. The smallest absolute Gasteiger partial charge is 0.251 e. The van der Waals surface area contributed by atoms with E-state index in [9.17, 15) is 13.2 Å². The molecule has 6 N–H and O–H groups in total. The highest BCUT2D eigenvalue weighted by Crippen LogP contribution is 2.21. The Hall–Kier alpha value is -2.31. The maximum absolute atomic E-state index is 12.2. The van der Waals surface area contributed by atoms with Crippen molar-refractivity contribution in [3.63, 3.8) is 0 Å². The Morgan fingerprint density at radius 3 is 2.85 bits per heavy atom. The van der Waals surface area contributed by atoms with E-state index in [2.05, 4.69) is 20.0 Å². The van der Waals surface area contributed by atoms with E-state index in [0.29, 0.717) is 34.4 Å². The second-order valence-electron chi connectivity index (χ2n) is 5.42. The molecule has 2 aromatic rings. The molecule has 0 radical (unpaired) electrons. The maximum atomic E-state index is 12.2. The number of carbonyl (C=O) groups is 1. The molecule has 1 heterocycles. The second kappa shape index (κ2) is 9.58. The van der Waals surface area contributed by atoms with Gasteiger partial charge >= 0.3 is 0 Å². The third-order valence-corrected chi connectivity index (χ3v) is 5.36. The minimum absolute atomic E-state index is 0.0259. The summed E-state index contributed by atoms with van der Waals surface area (Å²) in [6.07, 6.45) is 1.06. The number of sulfonamides is 1. The van der Waals surface area contributed by atoms with Crippen LogP contribution < -0.4 is 21.5 Å². The molecule has 12 heteroatoms. The van der Waals surface area contributed by atoms with Gasteiger partial charge in [0.2, 0.25) is 15.2 Å². The van der Waals surface area contributed by atoms with Crippen LogP contribution in [0.1, 0.15) is 16.1 Å². The normalized spacial score (nSPS) is 11.0. The third-order valence-electron chi connectivity index (χ3n) is 2.97. The van der Waals surface area contributed by atoms with Gasteiger partial charge in [-0.2, -0.15) is 16.8 Å². The molecule has 0 aliphatic heterocycles. The molecule has 0 saturated carbocycles. The average molecular weight is 429 g/mol. The summed E-state index contributed by atoms with van der Waals surface area (Å²) >= 11 is 2.97. The van der Waals surface area contributed by atoms with Crippen molar-refractivity contribution in [1.29, 1.82) is 0 Å². The van der Waals surface area contributed by atoms with E-state index in [4.69, 9.17) is 11.5 Å². The Morgan fingerprint density at radius 2 is 2.15 bits per heavy atom. The van der Waals surface area contributed by atoms with Gasteiger partial charge in [0.25, 0.3) is 5.91 Å². The standard InChI is InChI=1S/C15H20N6O3S3/c1-27(23,24)21-11-4-2-3-10(7-11)13(22)18-5-6-25-8-12-9-26-15(19-12)20-14(16)17/h2-4,7,9,21H,5-6,8H2,1H3,(H,18,22)(H4,16,17,19,20). The Bertz CT molecular complexity index is 922. The molecular weight excluding hydrogens is 408 g/mol. The first-order chi connectivity index (χ1) is 12.7. The number of benzene rings is 1. The predicted octanol–water partition coefficient (Wildman–Crippen LogP) is 1.08. The van der Waals surface area contributed by atoms with Crippen LogP contribution in [0.15, 0.2) is 34.6 Å². The predicted molar refractivity (Wildman–Crippen MR) is 111 cm³/mol. The fourth-order valence-corrected chi connectivity index (χ4v) is 4.09. The van der Waals surface area contributed by atoms with Crippen molar-refractivity contribution < 1.29 is 13.2 Å². The number of anilines is 1. The van der Waals surface area contributed by atoms with Crippen LogP contribution in [0.25, 0.3) is 0 Å². The number of nitrogens with one attached hydrogen (secondary N) is 2. The summed E-state index contributed by atoms with van der Waals surface area (Å²) in [7, 11) is -3.39. The first kappa shape index (κ1) is 21.0. The molecule has 1 aromatic heterocycles. The third kappa shape index (κ3) is 7.85. The zero-order chi connectivity index (χ0) is 19.9. The summed E-state index contributed by atoms with van der Waals surface area (Å²) in [6.45, 7) is 0.470. The topological polar surface area (TPSA) is 153 Å². The van der Waals surface area contributed by atoms with Crippen LogP contribution in [0.2, 0.25) is 0 Å². The molecule has 0 aliphatic carbocycles. The molecular formula is C15H20N6O3S3. The van der Waals surface area contributed by atoms with Crippen molar-refractivity contribution in [2.45, 2.75) is 5.75 Å². The molecule has 0 bridgehead atoms. The second-order valence-corrected chi connectivity index (χ2v) is 9.11. The van der Waals surface area contributed by atoms with Gasteiger partial charge in [-0.05, 0) is 18.2 Å². The summed E-state index contributed by atoms with van der Waals surface area (Å²) in [6, 6.07) is 6.31. The van der Waals surface area contributed by atoms with Crippen LogP contribution in [0.5, 0.6) is 0 Å². The Labute approximate surface area is 165 Å². The number of hydrogen-bond acceptors (Lipinski definition) is 7. The fraction of sp³-hybridized carbons (Fsp3) is 0.267. The lowest BCUT2D eigenvalue weighted by molar-refractivity contribution is 0.0956. The van der Waals surface area contributed by atoms with Gasteiger partial charge in [-0.25, -0.2) is 13.4 Å². The molecule has 1 aromatic carbocycles. The van der Waals surface area contributed by atoms with Gasteiger partial charge in [-0.15, -0.1) is 11.3 Å². The van der Waals surface area contributed by atoms with Gasteiger partial charge in [0.15, 0.2) is 5.96 Å². The molecule has 1 amide bonds. The van der Waals surface area contributed by atoms with Crippen molar-refractivity contribution in [3.8, 4) is 0 Å². The van der Waals surface area contributed by atoms with E-state index in [1.807, 2.05) is 5.38 Å². The minimum atomic E-state index is -3.39. The number of thioether (sulfide) groups is 1. The molecule has 0 atom stereocenters. The number of hydrogen-bond donors (Lipinski definition) is 4. The summed E-state index contributed by atoms with van der Waals surface area (Å²) < 4.78 is 24.9. The van der Waals surface area contributed by atoms with Gasteiger partial charge in [-0.1, -0.05) is 6.07 Å². The fourth-order valence-electron chi connectivity index (χ4n) is 1.98. The summed E-state index contributed by atoms with van der Waals surface area (Å²) in [5, 5.41) is 5.19. The van der Waals surface area contributed by atoms with Crippen LogP contribution in [0.4, 0.5) is 10.8 Å². The molecule has 0 unspecified atom stereocenters. The van der Waals surface area contributed by atoms with Crippen molar-refractivity contribution in [2.24, 2.45) is 16.5 Å². The number of aromatic nitrogens is 1. The Morgan fingerprint density at radius 1 is 1.37 bits per heavy atom. The lowest BCUT2D eigenvalue weighted by atomic mass is 10.2. The first-order valence-electron chi connectivity index (χ1n) is 7.71. The first-order valence-corrected chi connectivity index (χ1v) is 11.6. The zero-order valence-corrected chi connectivity index (χ0v) is 17.0. The van der Waals surface area contributed by atoms with Crippen LogP contribution >= 0.6 is 23.1 Å². The average Bonchev–Trinajstić information content (AvgIpc) is 2.99. The van der Waals surface area contributed by atoms with E-state index < -0.39 is 10.0 Å². The van der Waals surface area contributed by atoms with Crippen LogP contribution in [-0.2, 0) is 15.8 Å². The van der Waals surface area contributed by atoms with E-state index in [0.717, 1.165) is 11.9 Å². The summed E-state index contributed by atoms with van der Waals surface area (Å²) in [5.41, 5.74) is 12.2. The van der Waals surface area contributed by atoms with E-state index >= 15 is 0 Å². The van der Waals surface area contributed by atoms with Gasteiger partial charge in [0.1, 0.15) is 0 Å². The van der Waals surface area contributed by atoms with Gasteiger partial charge in [0.05, 0.1) is 11.9 Å². The van der Waals surface area contributed by atoms with Crippen molar-refractivity contribution in [3.05, 3.63) is 40.9 Å². The van der Waals surface area contributed by atoms with Crippen LogP contribution in [-0.4, -0.2) is 43.8 Å². The number of carbonyl (C=O) groups excluding carboxylic acids is 1. The Kier molecular flexibility index (Phi) is 7.45. The zero-order valence-electron chi connectivity index (χ0n) is 14.5. The minimum Gasteiger partial charge on any atom is -0.370 e. The van der Waals surface area contributed by atoms with E-state index in [1.54, 1.807) is 30.0 Å². The van der Waals surface area contributed by atoms with E-state index in [-0.39, 0.29) is 11.9 Å². The van der Waals surface area contributed by atoms with E-state index in [1.165, 1.54) is 17.4 Å². The lowest BCUT2D eigenvalue weighted by Gasteiger charge is -2.07. The SMILES string of the molecule is CS(=O)(=O)Nc1cccc(C(=O)NCCSCc2csc(N=C(N)N)n2)c1. The van der Waals surface area contributed by atoms with Crippen LogP contribution in [0.3, 0.4) is 0 Å². The molecule has 0 aliphatic rings. The maximum Gasteiger partial charge on any atom is 0.251 e. The van der Waals surface area contributed by atoms with Gasteiger partial charge < -0.3 is 16.8 Å². The number of nitrogens with two attached hydrogens (primary N) is 2. The highest BCUT2D eigenvalue weighted by Gasteiger charge is 2.08. The molecule has 0 spiro atoms. The number of nitrogens with zero attached hydrogens (tertiary/aromatic N) is 2. The highest BCUT2D eigenvalue weighted by atomic mass is 32.2. The lowest BCUT2D eigenvalue weighted by Crippen LogP contribution is -2.25. The van der Waals surface area contributed by atoms with Crippen molar-refractivity contribution in [2.75, 3.05) is 23.3 Å². The van der Waals surface area contributed by atoms with Crippen molar-refractivity contribution in [1.82, 2.24) is 10.3 Å². The summed E-state index contributed by atoms with van der Waals surface area (Å²) in [5.74, 6) is 1.08. The summed E-state index contributed by atoms with van der Waals surface area (Å²) in [4.78, 5) is 20.3. The van der Waals surface area contributed by atoms with Gasteiger partial charge in [-0.3, -0.25) is 9.52 Å². The Balaban J connectivity index is 1.75. The number of guanidine groups is 1. The molecule has 9 nitrogen and oxygen atoms in total. The number of amides is 1. The number of thiazole rings is 1. The van der Waals surface area contributed by atoms with Crippen molar-refractivity contribution >= 4 is 55.8 Å². The molecule has 0 fully saturated rings. The number of rotatable bonds is 9. The quantitative estimate of drug-likeness (QED) is 0.265. The molecule has 27 heavy (non-hydrogen) atoms. The molecule has 0 saturated heterocycles. The monoisotopic (exact) mass is 428 g/mol. The molecule has 146 valence electrons. The van der Waals surface area contributed by atoms with Crippen LogP contribution in [0, 0.1) is 0 Å². The largest absolute Gasteiger partial charge is 0.370 e. The van der Waals surface area contributed by atoms with Gasteiger partial charge in [0, 0.05) is 34.7 Å².